The van der Waals surface area contributed by atoms with Gasteiger partial charge in [-0.2, -0.15) is 0 Å². The van der Waals surface area contributed by atoms with E-state index in [0.29, 0.717) is 0 Å². The molecule has 0 aliphatic heterocycles. The molecule has 0 radical (unpaired) electrons. The summed E-state index contributed by atoms with van der Waals surface area (Å²) in [5.41, 5.74) is 0.826. The first-order valence-electron chi connectivity index (χ1n) is 6.24. The summed E-state index contributed by atoms with van der Waals surface area (Å²) in [6, 6.07) is 6.02. The van der Waals surface area contributed by atoms with E-state index in [9.17, 15) is 13.2 Å². The van der Waals surface area contributed by atoms with Crippen LogP contribution in [0, 0.1) is 0 Å². The van der Waals surface area contributed by atoms with Crippen molar-refractivity contribution in [1.29, 1.82) is 0 Å². The van der Waals surface area contributed by atoms with Crippen LogP contribution in [0.4, 0.5) is 13.2 Å². The van der Waals surface area contributed by atoms with E-state index in [4.69, 9.17) is 0 Å². The van der Waals surface area contributed by atoms with E-state index >= 15 is 0 Å². The van der Waals surface area contributed by atoms with Crippen LogP contribution >= 0.6 is 0 Å². The van der Waals surface area contributed by atoms with Gasteiger partial charge in [-0.25, -0.2) is 0 Å². The van der Waals surface area contributed by atoms with Gasteiger partial charge >= 0.3 is 6.36 Å². The van der Waals surface area contributed by atoms with Crippen LogP contribution < -0.4 is 4.74 Å². The minimum absolute atomic E-state index is 0.163. The Hall–Kier alpha value is -1.19. The van der Waals surface area contributed by atoms with Crippen LogP contribution in [0.3, 0.4) is 0 Å². The molecule has 1 nitrogen and oxygen atoms in total. The maximum Gasteiger partial charge on any atom is 0.573 e. The number of hydrogen-bond donors (Lipinski definition) is 0. The molecule has 18 heavy (non-hydrogen) atoms. The van der Waals surface area contributed by atoms with E-state index in [1.54, 1.807) is 12.1 Å². The fourth-order valence-corrected chi connectivity index (χ4v) is 1.07. The molecule has 4 heteroatoms. The highest BCUT2D eigenvalue weighted by Gasteiger charge is 2.31. The monoisotopic (exact) mass is 264 g/mol. The standard InChI is InChI=1S/C10H11F3O.2C2H6/c1-7(2)8-4-3-5-9(6-8)14-10(11,12)13;2*1-2/h3-7H,1-2H3;2*1-2H3. The van der Waals surface area contributed by atoms with E-state index in [2.05, 4.69) is 4.74 Å². The number of rotatable bonds is 2. The van der Waals surface area contributed by atoms with Crippen molar-refractivity contribution < 1.29 is 17.9 Å². The molecule has 0 aromatic heterocycles. The normalized spacial score (nSPS) is 9.89. The third-order valence-electron chi connectivity index (χ3n) is 1.76. The molecule has 0 saturated heterocycles. The maximum absolute atomic E-state index is 11.9. The largest absolute Gasteiger partial charge is 0.573 e. The van der Waals surface area contributed by atoms with Crippen LogP contribution in [0.2, 0.25) is 0 Å². The summed E-state index contributed by atoms with van der Waals surface area (Å²) >= 11 is 0. The summed E-state index contributed by atoms with van der Waals surface area (Å²) in [5.74, 6) is 0.0236. The lowest BCUT2D eigenvalue weighted by Gasteiger charge is -2.11. The molecule has 0 unspecified atom stereocenters. The molecule has 0 N–H and O–H groups in total. The molecule has 0 heterocycles. The minimum Gasteiger partial charge on any atom is -0.406 e. The topological polar surface area (TPSA) is 9.23 Å². The Morgan fingerprint density at radius 3 is 1.89 bits per heavy atom. The third kappa shape index (κ3) is 8.90. The van der Waals surface area contributed by atoms with Gasteiger partial charge in [-0.1, -0.05) is 53.7 Å². The molecule has 0 atom stereocenters. The summed E-state index contributed by atoms with van der Waals surface area (Å²) < 4.78 is 39.3. The van der Waals surface area contributed by atoms with Crippen molar-refractivity contribution in [3.8, 4) is 5.75 Å². The Bertz CT molecular complexity index is 306. The Morgan fingerprint density at radius 2 is 1.50 bits per heavy atom. The molecule has 1 aromatic carbocycles. The molecular formula is C14H23F3O. The number of alkyl halides is 3. The first kappa shape index (κ1) is 19.2. The van der Waals surface area contributed by atoms with Gasteiger partial charge in [0.2, 0.25) is 0 Å². The zero-order valence-electron chi connectivity index (χ0n) is 11.9. The van der Waals surface area contributed by atoms with E-state index in [1.165, 1.54) is 12.1 Å². The Kier molecular flexibility index (Phi) is 10.4. The van der Waals surface area contributed by atoms with E-state index in [1.807, 2.05) is 41.5 Å². The smallest absolute Gasteiger partial charge is 0.406 e. The number of ether oxygens (including phenoxy) is 1. The van der Waals surface area contributed by atoms with Crippen molar-refractivity contribution in [1.82, 2.24) is 0 Å². The lowest BCUT2D eigenvalue weighted by molar-refractivity contribution is -0.274. The quantitative estimate of drug-likeness (QED) is 0.659. The van der Waals surface area contributed by atoms with Crippen LogP contribution in [0.15, 0.2) is 24.3 Å². The maximum atomic E-state index is 11.9. The number of benzene rings is 1. The SMILES string of the molecule is CC.CC.CC(C)c1cccc(OC(F)(F)F)c1. The van der Waals surface area contributed by atoms with Crippen molar-refractivity contribution in [3.63, 3.8) is 0 Å². The summed E-state index contributed by atoms with van der Waals surface area (Å²) in [6.07, 6.45) is -4.62. The van der Waals surface area contributed by atoms with Gasteiger partial charge in [0, 0.05) is 0 Å². The summed E-state index contributed by atoms with van der Waals surface area (Å²) in [6.45, 7) is 11.8. The first-order valence-corrected chi connectivity index (χ1v) is 6.24. The molecular weight excluding hydrogens is 241 g/mol. The van der Waals surface area contributed by atoms with Crippen molar-refractivity contribution >= 4 is 0 Å². The average molecular weight is 264 g/mol. The average Bonchev–Trinajstić information content (AvgIpc) is 2.32. The van der Waals surface area contributed by atoms with Gasteiger partial charge in [-0.3, -0.25) is 0 Å². The second-order valence-corrected chi connectivity index (χ2v) is 3.27. The second kappa shape index (κ2) is 9.80. The molecule has 1 rings (SSSR count). The molecule has 0 fully saturated rings. The zero-order chi connectivity index (χ0) is 14.8. The van der Waals surface area contributed by atoms with Crippen molar-refractivity contribution in [2.45, 2.75) is 53.8 Å². The Morgan fingerprint density at radius 1 is 1.00 bits per heavy atom. The summed E-state index contributed by atoms with van der Waals surface area (Å²) in [4.78, 5) is 0. The van der Waals surface area contributed by atoms with Gasteiger partial charge in [0.05, 0.1) is 0 Å². The lowest BCUT2D eigenvalue weighted by atomic mass is 10.0. The van der Waals surface area contributed by atoms with Gasteiger partial charge in [0.15, 0.2) is 0 Å². The van der Waals surface area contributed by atoms with Crippen LogP contribution in [0.5, 0.6) is 5.75 Å². The van der Waals surface area contributed by atoms with Crippen LogP contribution in [0.1, 0.15) is 53.0 Å². The van der Waals surface area contributed by atoms with Crippen LogP contribution in [-0.2, 0) is 0 Å². The molecule has 0 amide bonds. The first-order chi connectivity index (χ1) is 8.38. The zero-order valence-corrected chi connectivity index (χ0v) is 11.9. The highest BCUT2D eigenvalue weighted by molar-refractivity contribution is 5.30. The van der Waals surface area contributed by atoms with Gasteiger partial charge in [-0.15, -0.1) is 13.2 Å². The number of hydrogen-bond acceptors (Lipinski definition) is 1. The van der Waals surface area contributed by atoms with Crippen LogP contribution in [0.25, 0.3) is 0 Å². The predicted octanol–water partition coefficient (Wildman–Crippen LogP) is 5.76. The van der Waals surface area contributed by atoms with Crippen molar-refractivity contribution in [3.05, 3.63) is 29.8 Å². The van der Waals surface area contributed by atoms with Gasteiger partial charge in [0.1, 0.15) is 5.75 Å². The Balaban J connectivity index is 0. The molecule has 0 saturated carbocycles. The molecule has 106 valence electrons. The third-order valence-corrected chi connectivity index (χ3v) is 1.76. The highest BCUT2D eigenvalue weighted by Crippen LogP contribution is 2.25. The second-order valence-electron chi connectivity index (χ2n) is 3.27. The molecule has 1 aromatic rings. The lowest BCUT2D eigenvalue weighted by Crippen LogP contribution is -2.17. The minimum atomic E-state index is -4.62. The van der Waals surface area contributed by atoms with Crippen LogP contribution in [-0.4, -0.2) is 6.36 Å². The van der Waals surface area contributed by atoms with Crippen molar-refractivity contribution in [2.24, 2.45) is 0 Å². The van der Waals surface area contributed by atoms with E-state index < -0.39 is 6.36 Å². The molecule has 0 aliphatic carbocycles. The molecule has 0 spiro atoms. The highest BCUT2D eigenvalue weighted by atomic mass is 19.4. The molecule has 0 bridgehead atoms. The summed E-state index contributed by atoms with van der Waals surface area (Å²) in [7, 11) is 0. The fourth-order valence-electron chi connectivity index (χ4n) is 1.07. The predicted molar refractivity (Wildman–Crippen MR) is 69.9 cm³/mol. The Labute approximate surface area is 108 Å². The van der Waals surface area contributed by atoms with Gasteiger partial charge < -0.3 is 4.74 Å². The van der Waals surface area contributed by atoms with Gasteiger partial charge in [-0.05, 0) is 23.6 Å². The van der Waals surface area contributed by atoms with Gasteiger partial charge in [0.25, 0.3) is 0 Å². The fraction of sp³-hybridized carbons (Fsp3) is 0.571. The van der Waals surface area contributed by atoms with E-state index in [-0.39, 0.29) is 11.7 Å². The number of halogens is 3. The van der Waals surface area contributed by atoms with Crippen molar-refractivity contribution in [2.75, 3.05) is 0 Å². The molecule has 0 aliphatic rings. The van der Waals surface area contributed by atoms with E-state index in [0.717, 1.165) is 5.56 Å². The summed E-state index contributed by atoms with van der Waals surface area (Å²) in [5, 5.41) is 0.